The number of benzene rings is 1. The molecule has 35 heavy (non-hydrogen) atoms. The van der Waals surface area contributed by atoms with Crippen LogP contribution >= 0.6 is 11.6 Å². The molecule has 2 fully saturated rings. The number of aromatic nitrogens is 3. The first-order valence-corrected chi connectivity index (χ1v) is 12.1. The summed E-state index contributed by atoms with van der Waals surface area (Å²) in [6.45, 7) is 8.61. The van der Waals surface area contributed by atoms with Crippen molar-refractivity contribution in [1.82, 2.24) is 24.6 Å². The Bertz CT molecular complexity index is 1040. The summed E-state index contributed by atoms with van der Waals surface area (Å²) in [5, 5.41) is 4.81. The van der Waals surface area contributed by atoms with Crippen LogP contribution in [0.2, 0.25) is 5.02 Å². The Balaban J connectivity index is 1.55. The summed E-state index contributed by atoms with van der Waals surface area (Å²) in [6.07, 6.45) is 3.02. The second-order valence-electron chi connectivity index (χ2n) is 9.53. The summed E-state index contributed by atoms with van der Waals surface area (Å²) in [7, 11) is 0. The third kappa shape index (κ3) is 5.76. The minimum absolute atomic E-state index is 0.0472. The van der Waals surface area contributed by atoms with Crippen LogP contribution in [0, 0.1) is 6.92 Å². The number of ether oxygens (including phenoxy) is 3. The molecule has 2 amide bonds. The monoisotopic (exact) mass is 505 g/mol. The lowest BCUT2D eigenvalue weighted by atomic mass is 9.94. The molecule has 0 bridgehead atoms. The Kier molecular flexibility index (Phi) is 7.63. The number of hydrogen-bond donors (Lipinski definition) is 0. The van der Waals surface area contributed by atoms with E-state index in [1.165, 1.54) is 12.7 Å². The van der Waals surface area contributed by atoms with E-state index in [1.807, 2.05) is 13.0 Å². The van der Waals surface area contributed by atoms with Crippen molar-refractivity contribution in [3.05, 3.63) is 41.4 Å². The van der Waals surface area contributed by atoms with Gasteiger partial charge in [-0.25, -0.2) is 9.67 Å². The van der Waals surface area contributed by atoms with Crippen LogP contribution in [0.15, 0.2) is 30.9 Å². The normalized spacial score (nSPS) is 21.1. The number of carbonyl (C=O) groups excluding carboxylic acids is 2. The molecule has 4 rings (SSSR count). The second-order valence-corrected chi connectivity index (χ2v) is 9.93. The molecule has 1 atom stereocenters. The Morgan fingerprint density at radius 1 is 1.17 bits per heavy atom. The predicted molar refractivity (Wildman–Crippen MR) is 128 cm³/mol. The van der Waals surface area contributed by atoms with Gasteiger partial charge in [0.2, 0.25) is 11.8 Å². The molecular weight excluding hydrogens is 474 g/mol. The summed E-state index contributed by atoms with van der Waals surface area (Å²) in [6, 6.07) is 5.40. The van der Waals surface area contributed by atoms with Gasteiger partial charge in [-0.15, -0.1) is 0 Å². The highest BCUT2D eigenvalue weighted by molar-refractivity contribution is 6.31. The van der Waals surface area contributed by atoms with Gasteiger partial charge in [-0.2, -0.15) is 5.10 Å². The molecule has 0 aliphatic carbocycles. The quantitative estimate of drug-likeness (QED) is 0.566. The lowest BCUT2D eigenvalue weighted by Crippen LogP contribution is -2.61. The molecule has 0 N–H and O–H groups in total. The van der Waals surface area contributed by atoms with Gasteiger partial charge in [-0.05, 0) is 44.5 Å². The highest BCUT2D eigenvalue weighted by atomic mass is 35.5. The molecule has 2 aliphatic heterocycles. The van der Waals surface area contributed by atoms with Gasteiger partial charge in [0.1, 0.15) is 36.2 Å². The van der Waals surface area contributed by atoms with Gasteiger partial charge in [-0.3, -0.25) is 9.59 Å². The van der Waals surface area contributed by atoms with Gasteiger partial charge < -0.3 is 24.0 Å². The van der Waals surface area contributed by atoms with E-state index in [4.69, 9.17) is 25.8 Å². The van der Waals surface area contributed by atoms with Crippen molar-refractivity contribution in [2.45, 2.75) is 38.3 Å². The van der Waals surface area contributed by atoms with Crippen molar-refractivity contribution in [2.24, 2.45) is 0 Å². The molecule has 190 valence electrons. The standard InChI is InChI=1S/C24H32ClN5O5/c1-18-12-19(4-5-20(18)25)34-15-24(13-21(31)28-6-9-33-10-7-28)14-29(8-11-35-24)22(32)23(2,3)30-17-26-16-27-30/h4-5,12,16-17H,6-11,13-15H2,1-3H3. The van der Waals surface area contributed by atoms with Gasteiger partial charge in [0.25, 0.3) is 0 Å². The minimum Gasteiger partial charge on any atom is -0.490 e. The fourth-order valence-corrected chi connectivity index (χ4v) is 4.48. The van der Waals surface area contributed by atoms with Crippen LogP contribution in [0.3, 0.4) is 0 Å². The number of rotatable bonds is 7. The molecular formula is C24H32ClN5O5. The third-order valence-corrected chi connectivity index (χ3v) is 6.94. The molecule has 1 unspecified atom stereocenters. The van der Waals surface area contributed by atoms with Gasteiger partial charge in [-0.1, -0.05) is 11.6 Å². The Labute approximate surface area is 210 Å². The first kappa shape index (κ1) is 25.4. The van der Waals surface area contributed by atoms with E-state index in [-0.39, 0.29) is 31.4 Å². The highest BCUT2D eigenvalue weighted by Crippen LogP contribution is 2.29. The van der Waals surface area contributed by atoms with Gasteiger partial charge in [0.15, 0.2) is 0 Å². The van der Waals surface area contributed by atoms with Crippen LogP contribution in [-0.4, -0.2) is 94.6 Å². The topological polar surface area (TPSA) is 99.0 Å². The van der Waals surface area contributed by atoms with E-state index < -0.39 is 11.1 Å². The van der Waals surface area contributed by atoms with Crippen molar-refractivity contribution in [3.8, 4) is 5.75 Å². The van der Waals surface area contributed by atoms with Crippen molar-refractivity contribution < 1.29 is 23.8 Å². The van der Waals surface area contributed by atoms with Crippen LogP contribution < -0.4 is 4.74 Å². The highest BCUT2D eigenvalue weighted by Gasteiger charge is 2.45. The lowest BCUT2D eigenvalue weighted by Gasteiger charge is -2.44. The predicted octanol–water partition coefficient (Wildman–Crippen LogP) is 1.90. The third-order valence-electron chi connectivity index (χ3n) is 6.52. The smallest absolute Gasteiger partial charge is 0.250 e. The molecule has 1 aromatic carbocycles. The zero-order valence-electron chi connectivity index (χ0n) is 20.4. The maximum absolute atomic E-state index is 13.6. The average molecular weight is 506 g/mol. The Morgan fingerprint density at radius 2 is 1.91 bits per heavy atom. The largest absolute Gasteiger partial charge is 0.490 e. The van der Waals surface area contributed by atoms with Crippen LogP contribution in [0.1, 0.15) is 25.8 Å². The van der Waals surface area contributed by atoms with E-state index in [9.17, 15) is 9.59 Å². The van der Waals surface area contributed by atoms with Gasteiger partial charge in [0, 0.05) is 24.7 Å². The molecule has 0 radical (unpaired) electrons. The Morgan fingerprint density at radius 3 is 2.60 bits per heavy atom. The summed E-state index contributed by atoms with van der Waals surface area (Å²) < 4.78 is 19.3. The molecule has 11 heteroatoms. The number of morpholine rings is 2. The summed E-state index contributed by atoms with van der Waals surface area (Å²) in [4.78, 5) is 34.3. The summed E-state index contributed by atoms with van der Waals surface area (Å²) >= 11 is 6.15. The molecule has 10 nitrogen and oxygen atoms in total. The molecule has 2 aliphatic rings. The molecule has 3 heterocycles. The minimum atomic E-state index is -1.00. The summed E-state index contributed by atoms with van der Waals surface area (Å²) in [5.41, 5.74) is -1.06. The fourth-order valence-electron chi connectivity index (χ4n) is 4.37. The number of amides is 2. The Hall–Kier alpha value is -2.69. The first-order chi connectivity index (χ1) is 16.7. The second kappa shape index (κ2) is 10.5. The molecule has 1 aromatic heterocycles. The maximum Gasteiger partial charge on any atom is 0.250 e. The zero-order valence-corrected chi connectivity index (χ0v) is 21.2. The first-order valence-electron chi connectivity index (χ1n) is 11.7. The van der Waals surface area contributed by atoms with Crippen LogP contribution in [0.4, 0.5) is 0 Å². The zero-order chi connectivity index (χ0) is 25.1. The van der Waals surface area contributed by atoms with Gasteiger partial charge in [0.05, 0.1) is 32.8 Å². The number of aryl methyl sites for hydroxylation is 1. The molecule has 2 aromatic rings. The van der Waals surface area contributed by atoms with E-state index in [1.54, 1.807) is 40.5 Å². The molecule has 0 saturated carbocycles. The number of carbonyl (C=O) groups is 2. The number of halogens is 1. The van der Waals surface area contributed by atoms with E-state index in [0.29, 0.717) is 50.2 Å². The van der Waals surface area contributed by atoms with Crippen molar-refractivity contribution in [3.63, 3.8) is 0 Å². The van der Waals surface area contributed by atoms with E-state index >= 15 is 0 Å². The summed E-state index contributed by atoms with van der Waals surface area (Å²) in [5.74, 6) is 0.450. The number of hydrogen-bond acceptors (Lipinski definition) is 7. The van der Waals surface area contributed by atoms with Crippen molar-refractivity contribution in [2.75, 3.05) is 52.6 Å². The van der Waals surface area contributed by atoms with Crippen LogP contribution in [0.5, 0.6) is 5.75 Å². The van der Waals surface area contributed by atoms with Crippen molar-refractivity contribution in [1.29, 1.82) is 0 Å². The van der Waals surface area contributed by atoms with E-state index in [2.05, 4.69) is 10.1 Å². The lowest BCUT2D eigenvalue weighted by molar-refractivity contribution is -0.171. The van der Waals surface area contributed by atoms with Crippen LogP contribution in [0.25, 0.3) is 0 Å². The van der Waals surface area contributed by atoms with E-state index in [0.717, 1.165) is 5.56 Å². The maximum atomic E-state index is 13.6. The molecule has 2 saturated heterocycles. The fraction of sp³-hybridized carbons (Fsp3) is 0.583. The van der Waals surface area contributed by atoms with Gasteiger partial charge >= 0.3 is 0 Å². The number of nitrogens with zero attached hydrogens (tertiary/aromatic N) is 5. The average Bonchev–Trinajstić information content (AvgIpc) is 3.41. The SMILES string of the molecule is Cc1cc(OCC2(CC(=O)N3CCOCC3)CN(C(=O)C(C)(C)n3cncn3)CCO2)ccc1Cl. The molecule has 0 spiro atoms. The van der Waals surface area contributed by atoms with Crippen LogP contribution in [-0.2, 0) is 24.6 Å². The van der Waals surface area contributed by atoms with Crippen molar-refractivity contribution >= 4 is 23.4 Å².